The number of aryl methyl sites for hydroxylation is 1. The minimum absolute atomic E-state index is 0.0316. The van der Waals surface area contributed by atoms with Crippen molar-refractivity contribution in [3.63, 3.8) is 0 Å². The Morgan fingerprint density at radius 3 is 2.55 bits per heavy atom. The van der Waals surface area contributed by atoms with Crippen molar-refractivity contribution in [2.45, 2.75) is 39.0 Å². The zero-order valence-corrected chi connectivity index (χ0v) is 14.2. The first-order chi connectivity index (χ1) is 10.4. The van der Waals surface area contributed by atoms with Crippen molar-refractivity contribution < 1.29 is 9.53 Å². The van der Waals surface area contributed by atoms with Crippen LogP contribution in [0.1, 0.15) is 38.3 Å². The van der Waals surface area contributed by atoms with E-state index in [0.29, 0.717) is 6.42 Å². The normalized spacial score (nSPS) is 15.7. The van der Waals surface area contributed by atoms with Gasteiger partial charge in [-0.3, -0.25) is 4.79 Å². The number of hydrogen-bond donors (Lipinski definition) is 1. The number of nitrogens with zero attached hydrogens (tertiary/aromatic N) is 1. The molecular formula is C18H28N2O2. The number of methoxy groups -OCH3 is 1. The van der Waals surface area contributed by atoms with E-state index in [2.05, 4.69) is 44.3 Å². The summed E-state index contributed by atoms with van der Waals surface area (Å²) in [6.45, 7) is 9.97. The second kappa shape index (κ2) is 7.14. The van der Waals surface area contributed by atoms with E-state index >= 15 is 0 Å². The second-order valence-electron chi connectivity index (χ2n) is 6.88. The molecule has 22 heavy (non-hydrogen) atoms. The van der Waals surface area contributed by atoms with Gasteiger partial charge in [0.2, 0.25) is 5.91 Å². The van der Waals surface area contributed by atoms with Crippen LogP contribution in [-0.4, -0.2) is 44.1 Å². The van der Waals surface area contributed by atoms with Crippen LogP contribution in [0.4, 0.5) is 0 Å². The number of piperazine rings is 1. The molecule has 0 aliphatic carbocycles. The first-order valence-corrected chi connectivity index (χ1v) is 8.08. The fraction of sp³-hybridized carbons (Fsp3) is 0.611. The van der Waals surface area contributed by atoms with Crippen molar-refractivity contribution >= 4 is 5.91 Å². The molecule has 1 N–H and O–H groups in total. The van der Waals surface area contributed by atoms with E-state index in [4.69, 9.17) is 4.74 Å². The quantitative estimate of drug-likeness (QED) is 0.928. The highest BCUT2D eigenvalue weighted by Crippen LogP contribution is 2.34. The number of carbonyl (C=O) groups excluding carboxylic acids is 1. The Hall–Kier alpha value is -1.55. The standard InChI is InChI=1S/C18H28N2O2/c1-18(2,3)15-7-5-6-14(17(15)22-4)8-9-16(21)20-12-10-19-11-13-20/h5-7,19H,8-13H2,1-4H3. The lowest BCUT2D eigenvalue weighted by molar-refractivity contribution is -0.131. The van der Waals surface area contributed by atoms with Gasteiger partial charge in [0.15, 0.2) is 0 Å². The monoisotopic (exact) mass is 304 g/mol. The van der Waals surface area contributed by atoms with Crippen LogP contribution in [0.2, 0.25) is 0 Å². The molecule has 1 aromatic rings. The van der Waals surface area contributed by atoms with Crippen molar-refractivity contribution in [1.29, 1.82) is 0 Å². The van der Waals surface area contributed by atoms with Gasteiger partial charge in [-0.05, 0) is 23.0 Å². The molecule has 1 aliphatic heterocycles. The van der Waals surface area contributed by atoms with E-state index in [1.54, 1.807) is 7.11 Å². The highest BCUT2D eigenvalue weighted by molar-refractivity contribution is 5.76. The zero-order chi connectivity index (χ0) is 16.2. The van der Waals surface area contributed by atoms with Gasteiger partial charge in [0.05, 0.1) is 7.11 Å². The third-order valence-electron chi connectivity index (χ3n) is 4.19. The van der Waals surface area contributed by atoms with Gasteiger partial charge in [-0.2, -0.15) is 0 Å². The van der Waals surface area contributed by atoms with E-state index in [0.717, 1.165) is 43.9 Å². The maximum absolute atomic E-state index is 12.3. The zero-order valence-electron chi connectivity index (χ0n) is 14.2. The van der Waals surface area contributed by atoms with E-state index in [1.807, 2.05) is 4.90 Å². The van der Waals surface area contributed by atoms with Crippen LogP contribution in [0.25, 0.3) is 0 Å². The van der Waals surface area contributed by atoms with Gasteiger partial charge in [-0.1, -0.05) is 39.0 Å². The number of amides is 1. The minimum Gasteiger partial charge on any atom is -0.496 e. The van der Waals surface area contributed by atoms with E-state index < -0.39 is 0 Å². The van der Waals surface area contributed by atoms with Crippen molar-refractivity contribution in [1.82, 2.24) is 10.2 Å². The van der Waals surface area contributed by atoms with Crippen molar-refractivity contribution in [3.05, 3.63) is 29.3 Å². The van der Waals surface area contributed by atoms with Gasteiger partial charge in [-0.15, -0.1) is 0 Å². The highest BCUT2D eigenvalue weighted by atomic mass is 16.5. The summed E-state index contributed by atoms with van der Waals surface area (Å²) < 4.78 is 5.65. The van der Waals surface area contributed by atoms with Crippen molar-refractivity contribution in [2.75, 3.05) is 33.3 Å². The van der Waals surface area contributed by atoms with E-state index in [1.165, 1.54) is 5.56 Å². The van der Waals surface area contributed by atoms with Crippen LogP contribution in [-0.2, 0) is 16.6 Å². The lowest BCUT2D eigenvalue weighted by Gasteiger charge is -2.28. The van der Waals surface area contributed by atoms with Crippen LogP contribution in [0.15, 0.2) is 18.2 Å². The molecule has 0 unspecified atom stereocenters. The third-order valence-corrected chi connectivity index (χ3v) is 4.19. The van der Waals surface area contributed by atoms with Crippen LogP contribution in [0, 0.1) is 0 Å². The van der Waals surface area contributed by atoms with Crippen molar-refractivity contribution in [3.8, 4) is 5.75 Å². The first-order valence-electron chi connectivity index (χ1n) is 8.08. The largest absolute Gasteiger partial charge is 0.496 e. The van der Waals surface area contributed by atoms with Gasteiger partial charge in [0.25, 0.3) is 0 Å². The van der Waals surface area contributed by atoms with Gasteiger partial charge in [-0.25, -0.2) is 0 Å². The molecule has 4 nitrogen and oxygen atoms in total. The van der Waals surface area contributed by atoms with Crippen LogP contribution >= 0.6 is 0 Å². The van der Waals surface area contributed by atoms with Gasteiger partial charge in [0, 0.05) is 32.6 Å². The third kappa shape index (κ3) is 4.01. The minimum atomic E-state index is 0.0316. The number of benzene rings is 1. The van der Waals surface area contributed by atoms with E-state index in [-0.39, 0.29) is 11.3 Å². The molecule has 1 amide bonds. The van der Waals surface area contributed by atoms with E-state index in [9.17, 15) is 4.79 Å². The molecule has 1 saturated heterocycles. The molecule has 0 bridgehead atoms. The summed E-state index contributed by atoms with van der Waals surface area (Å²) in [7, 11) is 1.71. The topological polar surface area (TPSA) is 41.6 Å². The summed E-state index contributed by atoms with van der Waals surface area (Å²) in [6.07, 6.45) is 1.28. The Bertz CT molecular complexity index is 514. The van der Waals surface area contributed by atoms with Gasteiger partial charge < -0.3 is 15.0 Å². The number of hydrogen-bond acceptors (Lipinski definition) is 3. The summed E-state index contributed by atoms with van der Waals surface area (Å²) in [4.78, 5) is 14.3. The average Bonchev–Trinajstić information content (AvgIpc) is 2.52. The SMILES string of the molecule is COc1c(CCC(=O)N2CCNCC2)cccc1C(C)(C)C. The summed E-state index contributed by atoms with van der Waals surface area (Å²) in [5, 5.41) is 3.27. The Morgan fingerprint density at radius 2 is 1.95 bits per heavy atom. The molecule has 0 spiro atoms. The summed E-state index contributed by atoms with van der Waals surface area (Å²) in [5.74, 6) is 1.17. The van der Waals surface area contributed by atoms with Crippen molar-refractivity contribution in [2.24, 2.45) is 0 Å². The average molecular weight is 304 g/mol. The molecule has 122 valence electrons. The molecular weight excluding hydrogens is 276 g/mol. The first kappa shape index (κ1) is 16.8. The molecule has 0 aromatic heterocycles. The maximum atomic E-state index is 12.3. The predicted octanol–water partition coefficient (Wildman–Crippen LogP) is 2.36. The summed E-state index contributed by atoms with van der Waals surface area (Å²) >= 11 is 0. The maximum Gasteiger partial charge on any atom is 0.222 e. The fourth-order valence-corrected chi connectivity index (χ4v) is 2.93. The Morgan fingerprint density at radius 1 is 1.27 bits per heavy atom. The molecule has 1 fully saturated rings. The lowest BCUT2D eigenvalue weighted by Crippen LogP contribution is -2.46. The molecule has 4 heteroatoms. The smallest absolute Gasteiger partial charge is 0.222 e. The number of rotatable bonds is 4. The summed E-state index contributed by atoms with van der Waals surface area (Å²) in [5.41, 5.74) is 2.35. The van der Waals surface area contributed by atoms with Gasteiger partial charge in [0.1, 0.15) is 5.75 Å². The molecule has 1 aliphatic rings. The number of para-hydroxylation sites is 1. The van der Waals surface area contributed by atoms with Crippen LogP contribution in [0.3, 0.4) is 0 Å². The molecule has 0 atom stereocenters. The molecule has 0 saturated carbocycles. The summed E-state index contributed by atoms with van der Waals surface area (Å²) in [6, 6.07) is 6.24. The molecule has 1 heterocycles. The van der Waals surface area contributed by atoms with Crippen LogP contribution < -0.4 is 10.1 Å². The predicted molar refractivity (Wildman–Crippen MR) is 89.5 cm³/mol. The highest BCUT2D eigenvalue weighted by Gasteiger charge is 2.22. The van der Waals surface area contributed by atoms with Crippen LogP contribution in [0.5, 0.6) is 5.75 Å². The molecule has 1 aromatic carbocycles. The Labute approximate surface area is 133 Å². The number of nitrogens with one attached hydrogen (secondary N) is 1. The number of ether oxygens (including phenoxy) is 1. The number of carbonyl (C=O) groups is 1. The molecule has 0 radical (unpaired) electrons. The fourth-order valence-electron chi connectivity index (χ4n) is 2.93. The Balaban J connectivity index is 2.07. The Kier molecular flexibility index (Phi) is 5.46. The molecule has 2 rings (SSSR count). The van der Waals surface area contributed by atoms with Gasteiger partial charge >= 0.3 is 0 Å². The lowest BCUT2D eigenvalue weighted by atomic mass is 9.84. The second-order valence-corrected chi connectivity index (χ2v) is 6.88.